The molecule has 1 aliphatic rings. The molecule has 5 rings (SSSR count). The monoisotopic (exact) mass is 565 g/mol. The van der Waals surface area contributed by atoms with Gasteiger partial charge in [0.05, 0.1) is 22.4 Å². The van der Waals surface area contributed by atoms with Gasteiger partial charge in [-0.2, -0.15) is 5.10 Å². The average Bonchev–Trinajstić information content (AvgIpc) is 3.48. The molecule has 0 aliphatic carbocycles. The molecule has 0 spiro atoms. The molecule has 37 heavy (non-hydrogen) atoms. The summed E-state index contributed by atoms with van der Waals surface area (Å²) >= 11 is 3.47. The molecule has 10 heteroatoms. The number of nitro benzene ring substituents is 1. The molecule has 190 valence electrons. The first-order chi connectivity index (χ1) is 17.8. The molecule has 0 unspecified atom stereocenters. The summed E-state index contributed by atoms with van der Waals surface area (Å²) in [6, 6.07) is 19.0. The summed E-state index contributed by atoms with van der Waals surface area (Å²) in [5.74, 6) is -0.317. The summed E-state index contributed by atoms with van der Waals surface area (Å²) in [4.78, 5) is 13.0. The van der Waals surface area contributed by atoms with E-state index < -0.39 is 4.92 Å². The van der Waals surface area contributed by atoms with Gasteiger partial charge in [-0.1, -0.05) is 22.0 Å². The molecule has 1 saturated heterocycles. The maximum Gasteiger partial charge on any atom is 0.292 e. The van der Waals surface area contributed by atoms with Gasteiger partial charge in [0.25, 0.3) is 5.69 Å². The lowest BCUT2D eigenvalue weighted by Crippen LogP contribution is -2.27. The second-order valence-corrected chi connectivity index (χ2v) is 9.97. The molecule has 1 aromatic heterocycles. The Hall–Kier alpha value is -3.60. The highest BCUT2D eigenvalue weighted by atomic mass is 79.9. The van der Waals surface area contributed by atoms with E-state index >= 15 is 0 Å². The molecule has 8 nitrogen and oxygen atoms in total. The zero-order valence-electron chi connectivity index (χ0n) is 20.1. The second-order valence-electron chi connectivity index (χ2n) is 9.06. The first-order valence-corrected chi connectivity index (χ1v) is 12.6. The van der Waals surface area contributed by atoms with E-state index in [9.17, 15) is 14.5 Å². The minimum Gasteiger partial charge on any atom is -0.393 e. The van der Waals surface area contributed by atoms with Crippen molar-refractivity contribution in [2.24, 2.45) is 0 Å². The van der Waals surface area contributed by atoms with E-state index in [0.29, 0.717) is 25.2 Å². The van der Waals surface area contributed by atoms with E-state index in [-0.39, 0.29) is 29.5 Å². The summed E-state index contributed by atoms with van der Waals surface area (Å²) in [5, 5.41) is 16.2. The van der Waals surface area contributed by atoms with Crippen LogP contribution in [-0.4, -0.2) is 38.8 Å². The summed E-state index contributed by atoms with van der Waals surface area (Å²) in [6.45, 7) is 3.31. The number of nitrogens with two attached hydrogens (primary N) is 1. The maximum absolute atomic E-state index is 13.7. The van der Waals surface area contributed by atoms with Crippen LogP contribution >= 0.6 is 15.9 Å². The first kappa shape index (κ1) is 25.1. The highest BCUT2D eigenvalue weighted by Gasteiger charge is 2.34. The zero-order valence-corrected chi connectivity index (χ0v) is 21.6. The summed E-state index contributed by atoms with van der Waals surface area (Å²) in [5.41, 5.74) is 9.87. The highest BCUT2D eigenvalue weighted by Crippen LogP contribution is 2.37. The Morgan fingerprint density at radius 3 is 2.59 bits per heavy atom. The van der Waals surface area contributed by atoms with Gasteiger partial charge >= 0.3 is 0 Å². The van der Waals surface area contributed by atoms with E-state index in [1.54, 1.807) is 22.9 Å². The number of hydrogen-bond acceptors (Lipinski definition) is 6. The fraction of sp³-hybridized carbons (Fsp3) is 0.222. The molecule has 2 heterocycles. The number of aromatic nitrogens is 2. The molecule has 0 radical (unpaired) electrons. The van der Waals surface area contributed by atoms with Crippen molar-refractivity contribution in [2.75, 3.05) is 18.8 Å². The number of nitrogen functional groups attached to an aromatic ring is 1. The fourth-order valence-corrected chi connectivity index (χ4v) is 4.82. The minimum atomic E-state index is -0.464. The van der Waals surface area contributed by atoms with Crippen molar-refractivity contribution in [1.82, 2.24) is 14.7 Å². The largest absolute Gasteiger partial charge is 0.393 e. The minimum absolute atomic E-state index is 0.0251. The van der Waals surface area contributed by atoms with Crippen molar-refractivity contribution in [1.29, 1.82) is 0 Å². The molecular formula is C27H25BrFN5O3. The van der Waals surface area contributed by atoms with Crippen LogP contribution in [0.3, 0.4) is 0 Å². The van der Waals surface area contributed by atoms with Crippen molar-refractivity contribution in [3.05, 3.63) is 104 Å². The molecule has 1 aliphatic heterocycles. The molecule has 4 aromatic rings. The topological polar surface area (TPSA) is 99.4 Å². The van der Waals surface area contributed by atoms with Gasteiger partial charge in [0.1, 0.15) is 17.7 Å². The van der Waals surface area contributed by atoms with Gasteiger partial charge in [0, 0.05) is 41.0 Å². The Labute approximate surface area is 221 Å². The highest BCUT2D eigenvalue weighted by molar-refractivity contribution is 9.10. The zero-order chi connectivity index (χ0) is 26.1. The van der Waals surface area contributed by atoms with Crippen LogP contribution in [0.5, 0.6) is 0 Å². The molecule has 2 atom stereocenters. The lowest BCUT2D eigenvalue weighted by atomic mass is 10.1. The normalized spacial score (nSPS) is 17.8. The lowest BCUT2D eigenvalue weighted by molar-refractivity contribution is -0.384. The predicted octanol–water partition coefficient (Wildman–Crippen LogP) is 5.89. The molecule has 2 N–H and O–H groups in total. The Kier molecular flexibility index (Phi) is 7.05. The fourth-order valence-electron chi connectivity index (χ4n) is 4.56. The lowest BCUT2D eigenvalue weighted by Gasteiger charge is -2.23. The smallest absolute Gasteiger partial charge is 0.292 e. The van der Waals surface area contributed by atoms with Crippen LogP contribution in [0.1, 0.15) is 24.3 Å². The third-order valence-corrected chi connectivity index (χ3v) is 6.91. The summed E-state index contributed by atoms with van der Waals surface area (Å²) in [7, 11) is 0. The maximum atomic E-state index is 13.7. The standard InChI is InChI=1S/C27H25BrFN5O3/c1-17-15-32(13-12-18-2-11-24(30)25(14-18)34(35)36)27(37-17)23-16-33(22-9-5-20(28)6-10-22)31-26(23)19-3-7-21(29)8-4-19/h2-11,14,16-17,27H,12-13,15,30H2,1H3/t17-,27-/m1/s1. The Morgan fingerprint density at radius 2 is 1.89 bits per heavy atom. The van der Waals surface area contributed by atoms with Crippen molar-refractivity contribution in [3.63, 3.8) is 0 Å². The number of rotatable bonds is 7. The van der Waals surface area contributed by atoms with Crippen molar-refractivity contribution < 1.29 is 14.1 Å². The van der Waals surface area contributed by atoms with Crippen LogP contribution in [0, 0.1) is 15.9 Å². The number of ether oxygens (including phenoxy) is 1. The molecular weight excluding hydrogens is 541 g/mol. The Balaban J connectivity index is 1.48. The predicted molar refractivity (Wildman–Crippen MR) is 143 cm³/mol. The summed E-state index contributed by atoms with van der Waals surface area (Å²) < 4.78 is 22.8. The molecule has 3 aromatic carbocycles. The van der Waals surface area contributed by atoms with Gasteiger partial charge in [0.15, 0.2) is 0 Å². The number of anilines is 1. The molecule has 1 fully saturated rings. The van der Waals surface area contributed by atoms with E-state index in [1.807, 2.05) is 43.5 Å². The van der Waals surface area contributed by atoms with Gasteiger partial charge in [0.2, 0.25) is 0 Å². The van der Waals surface area contributed by atoms with Gasteiger partial charge in [-0.3, -0.25) is 15.0 Å². The van der Waals surface area contributed by atoms with Crippen LogP contribution < -0.4 is 5.73 Å². The van der Waals surface area contributed by atoms with Crippen LogP contribution in [0.4, 0.5) is 15.8 Å². The number of nitrogens with zero attached hydrogens (tertiary/aromatic N) is 4. The van der Waals surface area contributed by atoms with Gasteiger partial charge in [-0.25, -0.2) is 9.07 Å². The van der Waals surface area contributed by atoms with Crippen molar-refractivity contribution in [2.45, 2.75) is 25.7 Å². The molecule has 0 amide bonds. The first-order valence-electron chi connectivity index (χ1n) is 11.8. The third kappa shape index (κ3) is 5.41. The Bertz CT molecular complexity index is 1430. The molecule has 0 bridgehead atoms. The SMILES string of the molecule is C[C@@H]1CN(CCc2ccc(N)c([N+](=O)[O-])c2)[C@@H](c2cn(-c3ccc(Br)cc3)nc2-c2ccc(F)cc2)O1. The van der Waals surface area contributed by atoms with E-state index in [0.717, 1.165) is 26.9 Å². The van der Waals surface area contributed by atoms with Gasteiger partial charge in [-0.05, 0) is 73.5 Å². The third-order valence-electron chi connectivity index (χ3n) is 6.38. The number of nitro groups is 1. The number of benzene rings is 3. The van der Waals surface area contributed by atoms with Crippen molar-refractivity contribution in [3.8, 4) is 16.9 Å². The van der Waals surface area contributed by atoms with Crippen LogP contribution in [0.2, 0.25) is 0 Å². The number of halogens is 2. The van der Waals surface area contributed by atoms with Crippen LogP contribution in [0.15, 0.2) is 77.4 Å². The second kappa shape index (κ2) is 10.4. The number of hydrogen-bond donors (Lipinski definition) is 1. The van der Waals surface area contributed by atoms with E-state index in [4.69, 9.17) is 15.6 Å². The average molecular weight is 566 g/mol. The quantitative estimate of drug-likeness (QED) is 0.170. The van der Waals surface area contributed by atoms with Crippen LogP contribution in [-0.2, 0) is 11.2 Å². The molecule has 0 saturated carbocycles. The summed E-state index contributed by atoms with van der Waals surface area (Å²) in [6.07, 6.45) is 2.12. The Morgan fingerprint density at radius 1 is 1.16 bits per heavy atom. The van der Waals surface area contributed by atoms with E-state index in [1.165, 1.54) is 18.2 Å². The van der Waals surface area contributed by atoms with E-state index in [2.05, 4.69) is 20.8 Å². The van der Waals surface area contributed by atoms with Crippen LogP contribution in [0.25, 0.3) is 16.9 Å². The van der Waals surface area contributed by atoms with Crippen molar-refractivity contribution >= 4 is 27.3 Å². The van der Waals surface area contributed by atoms with Gasteiger partial charge < -0.3 is 10.5 Å². The van der Waals surface area contributed by atoms with Gasteiger partial charge in [-0.15, -0.1) is 0 Å².